The molecule has 0 aliphatic rings. The van der Waals surface area contributed by atoms with Crippen LogP contribution in [0.1, 0.15) is 15.9 Å². The van der Waals surface area contributed by atoms with E-state index in [9.17, 15) is 15.0 Å². The summed E-state index contributed by atoms with van der Waals surface area (Å²) in [7, 11) is 0. The fourth-order valence-corrected chi connectivity index (χ4v) is 1.39. The highest BCUT2D eigenvalue weighted by Gasteiger charge is 2.13. The first-order valence-corrected chi connectivity index (χ1v) is 5.16. The lowest BCUT2D eigenvalue weighted by Crippen LogP contribution is -2.18. The van der Waals surface area contributed by atoms with E-state index in [-0.39, 0.29) is 11.8 Å². The molecule has 2 N–H and O–H groups in total. The molecule has 2 aromatic rings. The van der Waals surface area contributed by atoms with Crippen molar-refractivity contribution in [1.82, 2.24) is 4.73 Å². The van der Waals surface area contributed by atoms with Crippen molar-refractivity contribution in [3.63, 3.8) is 0 Å². The van der Waals surface area contributed by atoms with Crippen LogP contribution in [-0.2, 0) is 0 Å². The Hall–Kier alpha value is -2.69. The molecule has 0 fully saturated rings. The van der Waals surface area contributed by atoms with Gasteiger partial charge in [-0.05, 0) is 17.7 Å². The second-order valence-electron chi connectivity index (χ2n) is 3.55. The van der Waals surface area contributed by atoms with Crippen molar-refractivity contribution < 1.29 is 19.8 Å². The molecule has 0 saturated heterocycles. The first kappa shape index (κ1) is 11.8. The van der Waals surface area contributed by atoms with Gasteiger partial charge in [-0.15, -0.1) is 4.73 Å². The highest BCUT2D eigenvalue weighted by Crippen LogP contribution is 2.19. The smallest absolute Gasteiger partial charge is 0.363 e. The number of carbonyl (C=O) groups is 1. The molecule has 0 aliphatic carbocycles. The average Bonchev–Trinajstić information content (AvgIpc) is 2.70. The summed E-state index contributed by atoms with van der Waals surface area (Å²) in [4.78, 5) is 16.6. The van der Waals surface area contributed by atoms with E-state index in [1.54, 1.807) is 30.3 Å². The Bertz CT molecular complexity index is 564. The number of hydrogen-bond acceptors (Lipinski definition) is 4. The van der Waals surface area contributed by atoms with Crippen LogP contribution < -0.4 is 4.84 Å². The Morgan fingerprint density at radius 2 is 1.67 bits per heavy atom. The molecule has 1 heterocycles. The summed E-state index contributed by atoms with van der Waals surface area (Å²) in [5.41, 5.74) is 1.17. The van der Waals surface area contributed by atoms with Crippen molar-refractivity contribution in [1.29, 1.82) is 0 Å². The minimum absolute atomic E-state index is 0.299. The van der Waals surface area contributed by atoms with Gasteiger partial charge in [-0.3, -0.25) is 0 Å². The maximum atomic E-state index is 11.7. The standard InChI is InChI=1S/C13H11NO4/c1-2-9-3-5-10(6-4-9)13(17)18-14-11(15)7-8-12(14)16/h2-8,15-16H,1H2. The van der Waals surface area contributed by atoms with Gasteiger partial charge in [0.15, 0.2) is 0 Å². The van der Waals surface area contributed by atoms with E-state index in [1.165, 1.54) is 12.1 Å². The number of rotatable bonds is 3. The lowest BCUT2D eigenvalue weighted by atomic mass is 10.1. The van der Waals surface area contributed by atoms with E-state index in [0.717, 1.165) is 5.56 Å². The third kappa shape index (κ3) is 2.20. The van der Waals surface area contributed by atoms with Crippen LogP contribution in [0.5, 0.6) is 11.8 Å². The predicted octanol–water partition coefficient (Wildman–Crippen LogP) is 1.81. The first-order chi connectivity index (χ1) is 8.61. The van der Waals surface area contributed by atoms with Crippen LogP contribution in [-0.4, -0.2) is 20.9 Å². The molecule has 18 heavy (non-hydrogen) atoms. The molecule has 0 spiro atoms. The fourth-order valence-electron chi connectivity index (χ4n) is 1.39. The molecular weight excluding hydrogens is 234 g/mol. The molecule has 0 radical (unpaired) electrons. The summed E-state index contributed by atoms with van der Waals surface area (Å²) in [5, 5.41) is 18.6. The van der Waals surface area contributed by atoms with Crippen molar-refractivity contribution in [3.8, 4) is 11.8 Å². The van der Waals surface area contributed by atoms with Gasteiger partial charge in [0.25, 0.3) is 0 Å². The average molecular weight is 245 g/mol. The molecule has 0 bridgehead atoms. The van der Waals surface area contributed by atoms with Crippen LogP contribution in [0, 0.1) is 0 Å². The Morgan fingerprint density at radius 1 is 1.11 bits per heavy atom. The molecule has 92 valence electrons. The normalized spacial score (nSPS) is 10.0. The SMILES string of the molecule is C=Cc1ccc(C(=O)On2c(O)ccc2O)cc1. The van der Waals surface area contributed by atoms with Crippen LogP contribution in [0.3, 0.4) is 0 Å². The molecule has 0 atom stereocenters. The summed E-state index contributed by atoms with van der Waals surface area (Å²) >= 11 is 0. The van der Waals surface area contributed by atoms with E-state index in [4.69, 9.17) is 4.84 Å². The molecule has 1 aromatic carbocycles. The van der Waals surface area contributed by atoms with Crippen LogP contribution >= 0.6 is 0 Å². The van der Waals surface area contributed by atoms with Gasteiger partial charge < -0.3 is 15.1 Å². The van der Waals surface area contributed by atoms with Gasteiger partial charge in [0.05, 0.1) is 5.56 Å². The number of aromatic nitrogens is 1. The number of benzene rings is 1. The molecule has 1 aromatic heterocycles. The van der Waals surface area contributed by atoms with E-state index < -0.39 is 5.97 Å². The van der Waals surface area contributed by atoms with Crippen LogP contribution in [0.25, 0.3) is 6.08 Å². The quantitative estimate of drug-likeness (QED) is 0.865. The highest BCUT2D eigenvalue weighted by atomic mass is 16.7. The summed E-state index contributed by atoms with van der Waals surface area (Å²) in [6.45, 7) is 3.60. The van der Waals surface area contributed by atoms with E-state index in [1.807, 2.05) is 0 Å². The van der Waals surface area contributed by atoms with Crippen LogP contribution in [0.15, 0.2) is 43.0 Å². The Balaban J connectivity index is 2.19. The summed E-state index contributed by atoms with van der Waals surface area (Å²) in [5.74, 6) is -1.40. The topological polar surface area (TPSA) is 71.7 Å². The number of aromatic hydroxyl groups is 2. The van der Waals surface area contributed by atoms with Crippen molar-refractivity contribution in [2.45, 2.75) is 0 Å². The van der Waals surface area contributed by atoms with Gasteiger partial charge in [-0.1, -0.05) is 24.8 Å². The van der Waals surface area contributed by atoms with Crippen LogP contribution in [0.4, 0.5) is 0 Å². The largest absolute Gasteiger partial charge is 0.492 e. The molecule has 0 amide bonds. The monoisotopic (exact) mass is 245 g/mol. The van der Waals surface area contributed by atoms with Gasteiger partial charge >= 0.3 is 5.97 Å². The predicted molar refractivity (Wildman–Crippen MR) is 65.2 cm³/mol. The lowest BCUT2D eigenvalue weighted by molar-refractivity contribution is 0.0382. The Morgan fingerprint density at radius 3 is 2.17 bits per heavy atom. The first-order valence-electron chi connectivity index (χ1n) is 5.16. The number of nitrogens with zero attached hydrogens (tertiary/aromatic N) is 1. The summed E-state index contributed by atoms with van der Waals surface area (Å²) in [6, 6.07) is 8.97. The van der Waals surface area contributed by atoms with Crippen molar-refractivity contribution >= 4 is 12.0 Å². The van der Waals surface area contributed by atoms with Gasteiger partial charge in [0.1, 0.15) is 0 Å². The Labute approximate surface area is 103 Å². The second kappa shape index (κ2) is 4.67. The third-order valence-electron chi connectivity index (χ3n) is 2.35. The summed E-state index contributed by atoms with van der Waals surface area (Å²) in [6.07, 6.45) is 1.65. The van der Waals surface area contributed by atoms with E-state index in [2.05, 4.69) is 6.58 Å². The zero-order valence-electron chi connectivity index (χ0n) is 9.41. The van der Waals surface area contributed by atoms with E-state index in [0.29, 0.717) is 10.3 Å². The highest BCUT2D eigenvalue weighted by molar-refractivity contribution is 5.89. The van der Waals surface area contributed by atoms with Crippen molar-refractivity contribution in [3.05, 3.63) is 54.1 Å². The zero-order valence-corrected chi connectivity index (χ0v) is 9.41. The number of hydrogen-bond donors (Lipinski definition) is 2. The van der Waals surface area contributed by atoms with E-state index >= 15 is 0 Å². The van der Waals surface area contributed by atoms with Gasteiger partial charge in [-0.2, -0.15) is 0 Å². The van der Waals surface area contributed by atoms with Gasteiger partial charge in [0, 0.05) is 12.1 Å². The maximum Gasteiger partial charge on any atom is 0.363 e. The zero-order chi connectivity index (χ0) is 13.1. The Kier molecular flexibility index (Phi) is 3.05. The maximum absolute atomic E-state index is 11.7. The third-order valence-corrected chi connectivity index (χ3v) is 2.35. The molecule has 5 heteroatoms. The molecule has 0 saturated carbocycles. The fraction of sp³-hybridized carbons (Fsp3) is 0. The number of carbonyl (C=O) groups excluding carboxylic acids is 1. The van der Waals surface area contributed by atoms with Crippen molar-refractivity contribution in [2.75, 3.05) is 0 Å². The molecule has 0 unspecified atom stereocenters. The molecule has 2 rings (SSSR count). The minimum Gasteiger partial charge on any atom is -0.492 e. The second-order valence-corrected chi connectivity index (χ2v) is 3.55. The van der Waals surface area contributed by atoms with Crippen LogP contribution in [0.2, 0.25) is 0 Å². The van der Waals surface area contributed by atoms with Gasteiger partial charge in [0.2, 0.25) is 11.8 Å². The molecular formula is C13H11NO4. The molecule has 0 aliphatic heterocycles. The minimum atomic E-state index is -0.688. The van der Waals surface area contributed by atoms with Crippen molar-refractivity contribution in [2.24, 2.45) is 0 Å². The lowest BCUT2D eigenvalue weighted by Gasteiger charge is -2.06. The summed E-state index contributed by atoms with van der Waals surface area (Å²) < 4.78 is 0.643. The molecule has 5 nitrogen and oxygen atoms in total. The van der Waals surface area contributed by atoms with Gasteiger partial charge in [-0.25, -0.2) is 4.79 Å².